The topological polar surface area (TPSA) is 178 Å². The van der Waals surface area contributed by atoms with Crippen molar-refractivity contribution in [1.82, 2.24) is 5.32 Å². The van der Waals surface area contributed by atoms with E-state index in [0.717, 1.165) is 62.6 Å². The van der Waals surface area contributed by atoms with E-state index in [0.29, 0.717) is 38.7 Å². The average Bonchev–Trinajstić information content (AvgIpc) is 3.22. The van der Waals surface area contributed by atoms with Crippen LogP contribution in [0.1, 0.15) is 130 Å². The van der Waals surface area contributed by atoms with Gasteiger partial charge in [-0.1, -0.05) is 96.7 Å². The summed E-state index contributed by atoms with van der Waals surface area (Å²) in [5.74, 6) is -0.455. The number of aliphatic carboxylic acids is 1. The Bertz CT molecular complexity index is 1710. The molecule has 4 saturated carbocycles. The fraction of sp³-hybridized carbons (Fsp3) is 0.816. The summed E-state index contributed by atoms with van der Waals surface area (Å²) in [6.45, 7) is 14.6. The van der Waals surface area contributed by atoms with Crippen molar-refractivity contribution in [2.24, 2.45) is 56.2 Å². The molecule has 1 aromatic carbocycles. The lowest BCUT2D eigenvalue weighted by Gasteiger charge is -2.73. The highest BCUT2D eigenvalue weighted by Gasteiger charge is 2.73. The van der Waals surface area contributed by atoms with Crippen LogP contribution >= 0.6 is 0 Å². The Morgan fingerprint density at radius 1 is 0.900 bits per heavy atom. The van der Waals surface area contributed by atoms with E-state index in [1.807, 2.05) is 7.05 Å². The van der Waals surface area contributed by atoms with Crippen molar-refractivity contribution >= 4 is 5.97 Å². The molecule has 0 aromatic heterocycles. The summed E-state index contributed by atoms with van der Waals surface area (Å²) in [6.07, 6.45) is 5.89. The zero-order valence-electron chi connectivity index (χ0n) is 37.5. The minimum atomic E-state index is -1.48. The third-order valence-electron chi connectivity index (χ3n) is 18.3. The second kappa shape index (κ2) is 17.2. The van der Waals surface area contributed by atoms with Gasteiger partial charge < -0.3 is 50.2 Å². The van der Waals surface area contributed by atoms with Gasteiger partial charge in [-0.15, -0.1) is 0 Å². The van der Waals surface area contributed by atoms with Crippen molar-refractivity contribution < 1.29 is 49.6 Å². The molecule has 0 bridgehead atoms. The van der Waals surface area contributed by atoms with Crippen molar-refractivity contribution in [3.8, 4) is 0 Å². The van der Waals surface area contributed by atoms with Gasteiger partial charge in [-0.3, -0.25) is 4.79 Å². The van der Waals surface area contributed by atoms with Crippen molar-refractivity contribution in [3.05, 3.63) is 47.0 Å². The molecule has 1 aromatic rings. The van der Waals surface area contributed by atoms with Gasteiger partial charge in [0, 0.05) is 18.6 Å². The maximum absolute atomic E-state index is 13.7. The number of benzene rings is 1. The van der Waals surface area contributed by atoms with E-state index in [9.17, 15) is 35.4 Å². The molecule has 7 N–H and O–H groups in total. The van der Waals surface area contributed by atoms with Gasteiger partial charge in [0.15, 0.2) is 6.29 Å². The van der Waals surface area contributed by atoms with Crippen LogP contribution in [-0.4, -0.2) is 100 Å². The number of rotatable bonds is 14. The van der Waals surface area contributed by atoms with E-state index in [-0.39, 0.29) is 65.2 Å². The molecule has 1 aliphatic heterocycles. The SMILES string of the molecule is CCCCC[C@H]1C[C@@]2(C(=O)O)CC[C@](C)(CO)C[C@H]2C2=CC[C@@H]3[C@@]4(C)C[C@@H](OCc5ccc(CNC)cc5)[C@@H](O[C@@H]5OC[C@@H](O)[C@H](O)[C@H]5O)[C@@](C)(CO)[C@H]4CC[C@@]3(C)[C@@]21C. The molecule has 11 heteroatoms. The zero-order chi connectivity index (χ0) is 43.5. The summed E-state index contributed by atoms with van der Waals surface area (Å²) in [5.41, 5.74) is 0.680. The number of hydrogen-bond donors (Lipinski definition) is 7. The first-order chi connectivity index (χ1) is 28.4. The number of allylic oxidation sites excluding steroid dienone is 2. The van der Waals surface area contributed by atoms with Gasteiger partial charge in [0.1, 0.15) is 18.3 Å². The van der Waals surface area contributed by atoms with E-state index < -0.39 is 53.6 Å². The van der Waals surface area contributed by atoms with E-state index in [2.05, 4.69) is 77.2 Å². The highest BCUT2D eigenvalue weighted by Crippen LogP contribution is 2.77. The predicted molar refractivity (Wildman–Crippen MR) is 228 cm³/mol. The molecule has 1 saturated heterocycles. The third-order valence-corrected chi connectivity index (χ3v) is 18.3. The Morgan fingerprint density at radius 3 is 2.27 bits per heavy atom. The molecule has 11 nitrogen and oxygen atoms in total. The number of aliphatic hydroxyl groups excluding tert-OH is 5. The maximum atomic E-state index is 13.7. The van der Waals surface area contributed by atoms with Gasteiger partial charge in [0.25, 0.3) is 0 Å². The Morgan fingerprint density at radius 2 is 1.62 bits per heavy atom. The summed E-state index contributed by atoms with van der Waals surface area (Å²) < 4.78 is 19.6. The van der Waals surface area contributed by atoms with E-state index in [1.54, 1.807) is 0 Å². The Hall–Kier alpha value is -1.93. The number of carboxylic acid groups (broad SMARTS) is 1. The molecule has 5 aliphatic carbocycles. The minimum Gasteiger partial charge on any atom is -0.481 e. The van der Waals surface area contributed by atoms with Crippen LogP contribution in [0, 0.1) is 56.2 Å². The van der Waals surface area contributed by atoms with E-state index in [1.165, 1.54) is 5.57 Å². The lowest BCUT2D eigenvalue weighted by Crippen LogP contribution is -2.70. The number of carboxylic acids is 1. The number of unbranched alkanes of at least 4 members (excludes halogenated alkanes) is 2. The van der Waals surface area contributed by atoms with Crippen LogP contribution < -0.4 is 5.32 Å². The van der Waals surface area contributed by atoms with Crippen LogP contribution in [-0.2, 0) is 32.2 Å². The van der Waals surface area contributed by atoms with E-state index >= 15 is 0 Å². The van der Waals surface area contributed by atoms with Crippen LogP contribution in [0.15, 0.2) is 35.9 Å². The van der Waals surface area contributed by atoms with Crippen molar-refractivity contribution in [3.63, 3.8) is 0 Å². The van der Waals surface area contributed by atoms with Crippen LogP contribution in [0.4, 0.5) is 0 Å². The second-order valence-electron chi connectivity index (χ2n) is 21.6. The third kappa shape index (κ3) is 7.35. The Balaban J connectivity index is 1.30. The number of carbonyl (C=O) groups is 1. The molecule has 6 aliphatic rings. The van der Waals surface area contributed by atoms with Crippen LogP contribution in [0.25, 0.3) is 0 Å². The van der Waals surface area contributed by atoms with E-state index in [4.69, 9.17) is 14.2 Å². The van der Waals surface area contributed by atoms with Crippen molar-refractivity contribution in [1.29, 1.82) is 0 Å². The fourth-order valence-corrected chi connectivity index (χ4v) is 14.7. The van der Waals surface area contributed by atoms with Gasteiger partial charge in [-0.2, -0.15) is 0 Å². The summed E-state index contributed by atoms with van der Waals surface area (Å²) in [7, 11) is 1.92. The quantitative estimate of drug-likeness (QED) is 0.0630. The van der Waals surface area contributed by atoms with Gasteiger partial charge >= 0.3 is 5.97 Å². The van der Waals surface area contributed by atoms with Gasteiger partial charge in [-0.05, 0) is 121 Å². The first-order valence-electron chi connectivity index (χ1n) is 23.2. The van der Waals surface area contributed by atoms with Gasteiger partial charge in [-0.25, -0.2) is 0 Å². The Kier molecular flexibility index (Phi) is 13.2. The summed E-state index contributed by atoms with van der Waals surface area (Å²) in [5, 5.41) is 68.8. The summed E-state index contributed by atoms with van der Waals surface area (Å²) in [6, 6.07) is 8.33. The second-order valence-corrected chi connectivity index (χ2v) is 21.6. The standard InChI is InChI=1S/C49H77NO10/c1-8-9-10-11-32-22-49(43(56)57)21-20-44(2,28-51)23-34(49)33-16-17-38-45(3)24-36(58-26-31-14-12-30(13-15-31)25-50-7)41(60-42-40(55)39(54)35(53)27-59-42)46(4,29-52)37(45)18-19-47(38,5)48(32,33)6/h12-16,32,34-42,50-55H,8-11,17-29H2,1-7H3,(H,56,57)/t32-,34-,35+,36+,37-,38+,39-,40+,41+,42-,44-,45-,46-,47+,48+,49-/m0/s1. The number of ether oxygens (including phenoxy) is 3. The highest BCUT2D eigenvalue weighted by molar-refractivity contribution is 5.77. The highest BCUT2D eigenvalue weighted by atomic mass is 16.7. The number of hydrogen-bond acceptors (Lipinski definition) is 10. The normalized spacial score (nSPS) is 46.4. The van der Waals surface area contributed by atoms with Gasteiger partial charge in [0.05, 0.1) is 37.4 Å². The number of fused-ring (bicyclic) bond motifs is 7. The lowest BCUT2D eigenvalue weighted by molar-refractivity contribution is -0.333. The number of aliphatic hydroxyl groups is 5. The molecular formula is C49H77NO10. The van der Waals surface area contributed by atoms with Crippen molar-refractivity contribution in [2.75, 3.05) is 26.9 Å². The molecule has 7 rings (SSSR count). The smallest absolute Gasteiger partial charge is 0.310 e. The van der Waals surface area contributed by atoms with Gasteiger partial charge in [0.2, 0.25) is 0 Å². The average molecular weight is 840 g/mol. The Labute approximate surface area is 358 Å². The molecule has 0 radical (unpaired) electrons. The molecule has 338 valence electrons. The van der Waals surface area contributed by atoms with Crippen LogP contribution in [0.2, 0.25) is 0 Å². The monoisotopic (exact) mass is 840 g/mol. The van der Waals surface area contributed by atoms with Crippen LogP contribution in [0.3, 0.4) is 0 Å². The van der Waals surface area contributed by atoms with Crippen LogP contribution in [0.5, 0.6) is 0 Å². The number of nitrogens with one attached hydrogen (secondary N) is 1. The summed E-state index contributed by atoms with van der Waals surface area (Å²) in [4.78, 5) is 13.7. The minimum absolute atomic E-state index is 0.00107. The first-order valence-corrected chi connectivity index (χ1v) is 23.2. The molecule has 0 spiro atoms. The first kappa shape index (κ1) is 46.1. The molecule has 1 heterocycles. The fourth-order valence-electron chi connectivity index (χ4n) is 14.7. The summed E-state index contributed by atoms with van der Waals surface area (Å²) >= 11 is 0. The zero-order valence-corrected chi connectivity index (χ0v) is 37.5. The predicted octanol–water partition coefficient (Wildman–Crippen LogP) is 6.36. The molecular weight excluding hydrogens is 763 g/mol. The maximum Gasteiger partial charge on any atom is 0.310 e. The molecule has 16 atom stereocenters. The molecule has 0 unspecified atom stereocenters. The van der Waals surface area contributed by atoms with Crippen molar-refractivity contribution in [2.45, 2.75) is 169 Å². The largest absolute Gasteiger partial charge is 0.481 e. The molecule has 0 amide bonds. The lowest BCUT2D eigenvalue weighted by atomic mass is 9.31. The molecule has 5 fully saturated rings. The molecule has 60 heavy (non-hydrogen) atoms.